The molecule has 19 heavy (non-hydrogen) atoms. The third kappa shape index (κ3) is 2.25. The molecule has 2 saturated heterocycles. The summed E-state index contributed by atoms with van der Waals surface area (Å²) in [6.07, 6.45) is 5.15. The minimum absolute atomic E-state index is 0.0261. The van der Waals surface area contributed by atoms with Crippen LogP contribution in [0.1, 0.15) is 49.6 Å². The van der Waals surface area contributed by atoms with Crippen molar-refractivity contribution in [3.8, 4) is 0 Å². The number of hydrogen-bond acceptors (Lipinski definition) is 4. The lowest BCUT2D eigenvalue weighted by Gasteiger charge is -2.38. The molecule has 3 rings (SSSR count). The number of carbonyl (C=O) groups excluding carboxylic acids is 1. The predicted molar refractivity (Wildman–Crippen MR) is 70.9 cm³/mol. The normalized spacial score (nSPS) is 28.2. The van der Waals surface area contributed by atoms with Gasteiger partial charge in [-0.2, -0.15) is 0 Å². The summed E-state index contributed by atoms with van der Waals surface area (Å²) in [5, 5.41) is 11.3. The molecule has 0 radical (unpaired) electrons. The van der Waals surface area contributed by atoms with E-state index in [2.05, 4.69) is 29.5 Å². The van der Waals surface area contributed by atoms with Crippen LogP contribution in [-0.2, 0) is 0 Å². The van der Waals surface area contributed by atoms with Gasteiger partial charge in [-0.05, 0) is 33.1 Å². The van der Waals surface area contributed by atoms with Crippen LogP contribution >= 0.6 is 0 Å². The van der Waals surface area contributed by atoms with Gasteiger partial charge in [0.1, 0.15) is 0 Å². The van der Waals surface area contributed by atoms with E-state index < -0.39 is 0 Å². The topological polar surface area (TPSA) is 63.1 Å². The lowest BCUT2D eigenvalue weighted by Crippen LogP contribution is -2.47. The van der Waals surface area contributed by atoms with Crippen LogP contribution in [-0.4, -0.2) is 51.0 Å². The zero-order valence-electron chi connectivity index (χ0n) is 11.5. The first kappa shape index (κ1) is 12.6. The SMILES string of the molecule is C[C@@H]1CCC[C@H](C)N1C(=O)c1cn(C2CNC2)nn1. The summed E-state index contributed by atoms with van der Waals surface area (Å²) < 4.78 is 1.81. The van der Waals surface area contributed by atoms with E-state index in [0.717, 1.165) is 25.9 Å². The van der Waals surface area contributed by atoms with Crippen molar-refractivity contribution in [1.29, 1.82) is 0 Å². The van der Waals surface area contributed by atoms with Crippen LogP contribution in [0.4, 0.5) is 0 Å². The fourth-order valence-electron chi connectivity index (χ4n) is 2.97. The third-order valence-electron chi connectivity index (χ3n) is 4.29. The second kappa shape index (κ2) is 4.92. The van der Waals surface area contributed by atoms with E-state index in [1.165, 1.54) is 6.42 Å². The number of carbonyl (C=O) groups is 1. The van der Waals surface area contributed by atoms with E-state index in [4.69, 9.17) is 0 Å². The maximum atomic E-state index is 12.6. The van der Waals surface area contributed by atoms with Gasteiger partial charge in [0, 0.05) is 25.2 Å². The molecule has 2 atom stereocenters. The Kier molecular flexibility index (Phi) is 3.26. The summed E-state index contributed by atoms with van der Waals surface area (Å²) in [4.78, 5) is 14.5. The monoisotopic (exact) mass is 263 g/mol. The summed E-state index contributed by atoms with van der Waals surface area (Å²) in [6.45, 7) is 6.06. The molecule has 1 aromatic rings. The average Bonchev–Trinajstić information content (AvgIpc) is 2.75. The van der Waals surface area contributed by atoms with Crippen LogP contribution in [0.15, 0.2) is 6.20 Å². The third-order valence-corrected chi connectivity index (χ3v) is 4.29. The summed E-state index contributed by atoms with van der Waals surface area (Å²) in [7, 11) is 0. The Hall–Kier alpha value is -1.43. The molecule has 0 saturated carbocycles. The first-order chi connectivity index (χ1) is 9.16. The Bertz CT molecular complexity index is 457. The molecule has 0 aliphatic carbocycles. The van der Waals surface area contributed by atoms with Gasteiger partial charge in [-0.25, -0.2) is 4.68 Å². The zero-order valence-corrected chi connectivity index (χ0v) is 11.5. The minimum Gasteiger partial charge on any atom is -0.332 e. The van der Waals surface area contributed by atoms with Gasteiger partial charge in [-0.3, -0.25) is 4.79 Å². The molecular formula is C13H21N5O. The van der Waals surface area contributed by atoms with Crippen molar-refractivity contribution in [3.05, 3.63) is 11.9 Å². The molecule has 2 fully saturated rings. The Labute approximate surface area is 113 Å². The van der Waals surface area contributed by atoms with E-state index in [1.807, 2.05) is 9.58 Å². The molecule has 1 N–H and O–H groups in total. The smallest absolute Gasteiger partial charge is 0.276 e. The van der Waals surface area contributed by atoms with E-state index in [-0.39, 0.29) is 5.91 Å². The van der Waals surface area contributed by atoms with E-state index in [9.17, 15) is 4.79 Å². The highest BCUT2D eigenvalue weighted by molar-refractivity contribution is 5.92. The second-order valence-corrected chi connectivity index (χ2v) is 5.74. The molecular weight excluding hydrogens is 242 g/mol. The highest BCUT2D eigenvalue weighted by Gasteiger charge is 2.31. The minimum atomic E-state index is 0.0261. The van der Waals surface area contributed by atoms with Crippen LogP contribution < -0.4 is 5.32 Å². The maximum absolute atomic E-state index is 12.6. The van der Waals surface area contributed by atoms with Crippen molar-refractivity contribution < 1.29 is 4.79 Å². The number of aromatic nitrogens is 3. The van der Waals surface area contributed by atoms with Gasteiger partial charge in [0.25, 0.3) is 5.91 Å². The second-order valence-electron chi connectivity index (χ2n) is 5.74. The molecule has 6 heteroatoms. The summed E-state index contributed by atoms with van der Waals surface area (Å²) >= 11 is 0. The number of rotatable bonds is 2. The number of nitrogens with one attached hydrogen (secondary N) is 1. The molecule has 0 spiro atoms. The highest BCUT2D eigenvalue weighted by Crippen LogP contribution is 2.24. The molecule has 2 aliphatic rings. The van der Waals surface area contributed by atoms with Crippen molar-refractivity contribution in [2.45, 2.75) is 51.2 Å². The lowest BCUT2D eigenvalue weighted by molar-refractivity contribution is 0.0504. The van der Waals surface area contributed by atoms with Crippen LogP contribution in [0.3, 0.4) is 0 Å². The predicted octanol–water partition coefficient (Wildman–Crippen LogP) is 0.825. The fourth-order valence-corrected chi connectivity index (χ4v) is 2.97. The molecule has 6 nitrogen and oxygen atoms in total. The molecule has 1 aromatic heterocycles. The standard InChI is InChI=1S/C13H21N5O/c1-9-4-3-5-10(2)18(9)13(19)12-8-17(16-15-12)11-6-14-7-11/h8-11,14H,3-7H2,1-2H3/t9-,10+. The van der Waals surface area contributed by atoms with Crippen molar-refractivity contribution in [2.24, 2.45) is 0 Å². The highest BCUT2D eigenvalue weighted by atomic mass is 16.2. The number of hydrogen-bond donors (Lipinski definition) is 1. The van der Waals surface area contributed by atoms with Crippen LogP contribution in [0.25, 0.3) is 0 Å². The van der Waals surface area contributed by atoms with Gasteiger partial charge in [-0.1, -0.05) is 5.21 Å². The van der Waals surface area contributed by atoms with Crippen molar-refractivity contribution in [1.82, 2.24) is 25.2 Å². The van der Waals surface area contributed by atoms with Gasteiger partial charge in [0.05, 0.1) is 12.2 Å². The summed E-state index contributed by atoms with van der Waals surface area (Å²) in [5.74, 6) is 0.0261. The van der Waals surface area contributed by atoms with Crippen LogP contribution in [0.5, 0.6) is 0 Å². The number of nitrogens with zero attached hydrogens (tertiary/aromatic N) is 4. The van der Waals surface area contributed by atoms with E-state index >= 15 is 0 Å². The largest absolute Gasteiger partial charge is 0.332 e. The van der Waals surface area contributed by atoms with Crippen LogP contribution in [0, 0.1) is 0 Å². The Morgan fingerprint density at radius 3 is 2.58 bits per heavy atom. The van der Waals surface area contributed by atoms with Gasteiger partial charge >= 0.3 is 0 Å². The van der Waals surface area contributed by atoms with Crippen LogP contribution in [0.2, 0.25) is 0 Å². The summed E-state index contributed by atoms with van der Waals surface area (Å²) in [6, 6.07) is 0.948. The average molecular weight is 263 g/mol. The molecule has 2 aliphatic heterocycles. The first-order valence-corrected chi connectivity index (χ1v) is 7.12. The molecule has 0 aromatic carbocycles. The summed E-state index contributed by atoms with van der Waals surface area (Å²) in [5.41, 5.74) is 0.479. The number of amides is 1. The Balaban J connectivity index is 1.76. The molecule has 0 bridgehead atoms. The quantitative estimate of drug-likeness (QED) is 0.858. The van der Waals surface area contributed by atoms with Gasteiger partial charge in [0.15, 0.2) is 5.69 Å². The molecule has 1 amide bonds. The molecule has 104 valence electrons. The Morgan fingerprint density at radius 1 is 1.32 bits per heavy atom. The molecule has 0 unspecified atom stereocenters. The van der Waals surface area contributed by atoms with Crippen molar-refractivity contribution >= 4 is 5.91 Å². The van der Waals surface area contributed by atoms with Gasteiger partial charge in [0.2, 0.25) is 0 Å². The van der Waals surface area contributed by atoms with E-state index in [1.54, 1.807) is 6.20 Å². The maximum Gasteiger partial charge on any atom is 0.276 e. The van der Waals surface area contributed by atoms with Crippen molar-refractivity contribution in [2.75, 3.05) is 13.1 Å². The zero-order chi connectivity index (χ0) is 13.4. The Morgan fingerprint density at radius 2 is 2.00 bits per heavy atom. The number of piperidine rings is 1. The van der Waals surface area contributed by atoms with E-state index in [0.29, 0.717) is 23.8 Å². The number of likely N-dealkylation sites (tertiary alicyclic amines) is 1. The van der Waals surface area contributed by atoms with Gasteiger partial charge < -0.3 is 10.2 Å². The first-order valence-electron chi connectivity index (χ1n) is 7.12. The molecule has 3 heterocycles. The lowest BCUT2D eigenvalue weighted by atomic mass is 9.97. The fraction of sp³-hybridized carbons (Fsp3) is 0.769. The van der Waals surface area contributed by atoms with Gasteiger partial charge in [-0.15, -0.1) is 5.10 Å². The van der Waals surface area contributed by atoms with Crippen molar-refractivity contribution in [3.63, 3.8) is 0 Å².